The van der Waals surface area contributed by atoms with Crippen molar-refractivity contribution in [3.8, 4) is 0 Å². The number of nitrogens with two attached hydrogens (primary N) is 1. The van der Waals surface area contributed by atoms with Gasteiger partial charge in [-0.1, -0.05) is 0 Å². The lowest BCUT2D eigenvalue weighted by Crippen LogP contribution is -2.45. The molecule has 1 saturated heterocycles. The van der Waals surface area contributed by atoms with Crippen LogP contribution in [-0.2, 0) is 0 Å². The Morgan fingerprint density at radius 1 is 1.39 bits per heavy atom. The Hall–Kier alpha value is -2.74. The zero-order chi connectivity index (χ0) is 16.6. The standard InChI is InChI=1S/C15H16N4O4/c16-9-2-1-5-18(8-9)15(21)12-7-14(20)17-13-4-3-10(19(22)23)6-11(12)13/h3-4,6-7,9H,1-2,5,8,16H2,(H,17,20). The molecule has 1 aromatic carbocycles. The van der Waals surface area contributed by atoms with Crippen molar-refractivity contribution in [1.82, 2.24) is 9.88 Å². The molecule has 2 heterocycles. The molecule has 1 fully saturated rings. The first-order valence-electron chi connectivity index (χ1n) is 7.32. The van der Waals surface area contributed by atoms with Gasteiger partial charge in [-0.3, -0.25) is 19.7 Å². The molecule has 23 heavy (non-hydrogen) atoms. The molecule has 1 unspecified atom stereocenters. The van der Waals surface area contributed by atoms with Crippen LogP contribution in [-0.4, -0.2) is 39.8 Å². The Morgan fingerprint density at radius 3 is 2.87 bits per heavy atom. The summed E-state index contributed by atoms with van der Waals surface area (Å²) in [6.45, 7) is 0.984. The van der Waals surface area contributed by atoms with Gasteiger partial charge in [-0.05, 0) is 18.9 Å². The molecule has 1 amide bonds. The summed E-state index contributed by atoms with van der Waals surface area (Å²) in [4.78, 5) is 39.1. The predicted octanol–water partition coefficient (Wildman–Crippen LogP) is 1.000. The van der Waals surface area contributed by atoms with Crippen LogP contribution in [0, 0.1) is 10.1 Å². The van der Waals surface area contributed by atoms with E-state index in [4.69, 9.17) is 5.73 Å². The fourth-order valence-electron chi connectivity index (χ4n) is 2.90. The third-order valence-corrected chi connectivity index (χ3v) is 4.01. The SMILES string of the molecule is NC1CCCN(C(=O)c2cc(=O)[nH]c3ccc([N+](=O)[O-])cc23)C1. The molecule has 3 N–H and O–H groups in total. The van der Waals surface area contributed by atoms with Crippen molar-refractivity contribution in [3.63, 3.8) is 0 Å². The molecule has 1 atom stereocenters. The number of fused-ring (bicyclic) bond motifs is 1. The van der Waals surface area contributed by atoms with Gasteiger partial charge in [0.1, 0.15) is 0 Å². The van der Waals surface area contributed by atoms with Gasteiger partial charge in [0, 0.05) is 48.2 Å². The minimum atomic E-state index is -0.532. The Bertz CT molecular complexity index is 845. The zero-order valence-electron chi connectivity index (χ0n) is 12.3. The average Bonchev–Trinajstić information content (AvgIpc) is 2.52. The van der Waals surface area contributed by atoms with E-state index in [2.05, 4.69) is 4.98 Å². The number of likely N-dealkylation sites (tertiary alicyclic amines) is 1. The summed E-state index contributed by atoms with van der Waals surface area (Å²) in [5.41, 5.74) is 5.91. The Kier molecular flexibility index (Phi) is 3.83. The van der Waals surface area contributed by atoms with E-state index >= 15 is 0 Å². The van der Waals surface area contributed by atoms with Gasteiger partial charge in [-0.2, -0.15) is 0 Å². The molecule has 0 saturated carbocycles. The molecule has 8 heteroatoms. The zero-order valence-corrected chi connectivity index (χ0v) is 12.3. The van der Waals surface area contributed by atoms with Crippen LogP contribution in [0.1, 0.15) is 23.2 Å². The van der Waals surface area contributed by atoms with Crippen molar-refractivity contribution in [3.05, 3.63) is 50.3 Å². The van der Waals surface area contributed by atoms with Crippen LogP contribution in [0.2, 0.25) is 0 Å². The van der Waals surface area contributed by atoms with Crippen molar-refractivity contribution in [2.45, 2.75) is 18.9 Å². The monoisotopic (exact) mass is 316 g/mol. The van der Waals surface area contributed by atoms with Crippen molar-refractivity contribution >= 4 is 22.5 Å². The first kappa shape index (κ1) is 15.2. The third kappa shape index (κ3) is 2.93. The van der Waals surface area contributed by atoms with E-state index < -0.39 is 10.5 Å². The van der Waals surface area contributed by atoms with E-state index in [-0.39, 0.29) is 23.2 Å². The largest absolute Gasteiger partial charge is 0.337 e. The lowest BCUT2D eigenvalue weighted by molar-refractivity contribution is -0.384. The number of benzene rings is 1. The number of carbonyl (C=O) groups is 1. The van der Waals surface area contributed by atoms with Crippen LogP contribution in [0.15, 0.2) is 29.1 Å². The molecule has 120 valence electrons. The number of hydrogen-bond acceptors (Lipinski definition) is 5. The number of aromatic amines is 1. The number of nitrogens with zero attached hydrogens (tertiary/aromatic N) is 2. The highest BCUT2D eigenvalue weighted by Crippen LogP contribution is 2.23. The maximum Gasteiger partial charge on any atom is 0.270 e. The van der Waals surface area contributed by atoms with Crippen LogP contribution in [0.5, 0.6) is 0 Å². The maximum atomic E-state index is 12.7. The normalized spacial score (nSPS) is 18.1. The summed E-state index contributed by atoms with van der Waals surface area (Å²) in [6.07, 6.45) is 1.65. The highest BCUT2D eigenvalue weighted by Gasteiger charge is 2.24. The number of H-pyrrole nitrogens is 1. The molecule has 2 aromatic rings. The Balaban J connectivity index is 2.11. The van der Waals surface area contributed by atoms with Crippen molar-refractivity contribution < 1.29 is 9.72 Å². The highest BCUT2D eigenvalue weighted by atomic mass is 16.6. The average molecular weight is 316 g/mol. The van der Waals surface area contributed by atoms with E-state index in [9.17, 15) is 19.7 Å². The molecular formula is C15H16N4O4. The Labute approximate surface area is 131 Å². The van der Waals surface area contributed by atoms with Crippen molar-refractivity contribution in [2.75, 3.05) is 13.1 Å². The van der Waals surface area contributed by atoms with E-state index in [0.29, 0.717) is 24.0 Å². The Morgan fingerprint density at radius 2 is 2.17 bits per heavy atom. The van der Waals surface area contributed by atoms with Gasteiger partial charge >= 0.3 is 0 Å². The van der Waals surface area contributed by atoms with Crippen LogP contribution in [0.3, 0.4) is 0 Å². The third-order valence-electron chi connectivity index (χ3n) is 4.01. The van der Waals surface area contributed by atoms with Crippen molar-refractivity contribution in [1.29, 1.82) is 0 Å². The summed E-state index contributed by atoms with van der Waals surface area (Å²) in [5, 5.41) is 11.3. The van der Waals surface area contributed by atoms with Gasteiger partial charge in [-0.25, -0.2) is 0 Å². The number of nitro groups is 1. The number of non-ortho nitro benzene ring substituents is 1. The number of pyridine rings is 1. The molecule has 0 spiro atoms. The van der Waals surface area contributed by atoms with Crippen LogP contribution >= 0.6 is 0 Å². The molecule has 0 aliphatic carbocycles. The first-order valence-corrected chi connectivity index (χ1v) is 7.32. The topological polar surface area (TPSA) is 122 Å². The fraction of sp³-hybridized carbons (Fsp3) is 0.333. The minimum Gasteiger partial charge on any atom is -0.337 e. The summed E-state index contributed by atoms with van der Waals surface area (Å²) in [6, 6.07) is 5.14. The van der Waals surface area contributed by atoms with Gasteiger partial charge in [0.2, 0.25) is 5.56 Å². The van der Waals surface area contributed by atoms with Gasteiger partial charge in [-0.15, -0.1) is 0 Å². The number of nitro benzene ring substituents is 1. The van der Waals surface area contributed by atoms with E-state index in [1.165, 1.54) is 24.3 Å². The van der Waals surface area contributed by atoms with Crippen LogP contribution in [0.4, 0.5) is 5.69 Å². The molecular weight excluding hydrogens is 300 g/mol. The van der Waals surface area contributed by atoms with Gasteiger partial charge in [0.05, 0.1) is 10.5 Å². The molecule has 0 bridgehead atoms. The minimum absolute atomic E-state index is 0.0877. The highest BCUT2D eigenvalue weighted by molar-refractivity contribution is 6.06. The number of hydrogen-bond donors (Lipinski definition) is 2. The van der Waals surface area contributed by atoms with E-state index in [1.807, 2.05) is 0 Å². The molecule has 1 aromatic heterocycles. The van der Waals surface area contributed by atoms with Gasteiger partial charge in [0.25, 0.3) is 11.6 Å². The number of aromatic nitrogens is 1. The first-order chi connectivity index (χ1) is 11.0. The summed E-state index contributed by atoms with van der Waals surface area (Å²) in [5.74, 6) is -0.322. The molecule has 1 aliphatic rings. The molecule has 8 nitrogen and oxygen atoms in total. The quantitative estimate of drug-likeness (QED) is 0.632. The van der Waals surface area contributed by atoms with Crippen LogP contribution in [0.25, 0.3) is 10.9 Å². The second kappa shape index (κ2) is 5.81. The van der Waals surface area contributed by atoms with E-state index in [0.717, 1.165) is 12.8 Å². The van der Waals surface area contributed by atoms with E-state index in [1.54, 1.807) is 4.90 Å². The second-order valence-corrected chi connectivity index (χ2v) is 5.69. The summed E-state index contributed by atoms with van der Waals surface area (Å²) < 4.78 is 0. The van der Waals surface area contributed by atoms with Crippen molar-refractivity contribution in [2.24, 2.45) is 5.73 Å². The lowest BCUT2D eigenvalue weighted by Gasteiger charge is -2.31. The fourth-order valence-corrected chi connectivity index (χ4v) is 2.90. The number of rotatable bonds is 2. The van der Waals surface area contributed by atoms with Gasteiger partial charge in [0.15, 0.2) is 0 Å². The van der Waals surface area contributed by atoms with Crippen LogP contribution < -0.4 is 11.3 Å². The predicted molar refractivity (Wildman–Crippen MR) is 84.3 cm³/mol. The lowest BCUT2D eigenvalue weighted by atomic mass is 10.0. The number of carbonyl (C=O) groups excluding carboxylic acids is 1. The maximum absolute atomic E-state index is 12.7. The summed E-state index contributed by atoms with van der Waals surface area (Å²) in [7, 11) is 0. The second-order valence-electron chi connectivity index (χ2n) is 5.69. The number of piperidine rings is 1. The molecule has 3 rings (SSSR count). The number of nitrogens with one attached hydrogen (secondary N) is 1. The summed E-state index contributed by atoms with van der Waals surface area (Å²) >= 11 is 0. The number of amides is 1. The smallest absolute Gasteiger partial charge is 0.270 e. The van der Waals surface area contributed by atoms with Gasteiger partial charge < -0.3 is 15.6 Å². The molecule has 1 aliphatic heterocycles. The molecule has 0 radical (unpaired) electrons.